The van der Waals surface area contributed by atoms with Crippen LogP contribution in [0.1, 0.15) is 31.7 Å². The van der Waals surface area contributed by atoms with E-state index >= 15 is 0 Å². The van der Waals surface area contributed by atoms with Crippen molar-refractivity contribution in [1.29, 1.82) is 0 Å². The average molecular weight is 458 g/mol. The lowest BCUT2D eigenvalue weighted by atomic mass is 9.55. The smallest absolute Gasteiger partial charge is 0.335 e. The Morgan fingerprint density at radius 3 is 2.85 bits per heavy atom. The number of benzene rings is 2. The number of hydrogen-bond acceptors (Lipinski definition) is 6. The molecule has 3 heterocycles. The molecule has 2 aromatic rings. The van der Waals surface area contributed by atoms with Gasteiger partial charge in [-0.05, 0) is 48.1 Å². The SMILES string of the molecule is CC[C@]12C=CCN3CC[C@]4(C(=C(C(=O)OC)C1)Nc1ccc(-c5cccc([N+](=O)[O-])c5)cc14)[C@@H]32. The molecule has 0 radical (unpaired) electrons. The van der Waals surface area contributed by atoms with Gasteiger partial charge in [0.2, 0.25) is 0 Å². The minimum Gasteiger partial charge on any atom is -0.466 e. The van der Waals surface area contributed by atoms with Gasteiger partial charge in [0.25, 0.3) is 5.69 Å². The summed E-state index contributed by atoms with van der Waals surface area (Å²) in [6, 6.07) is 13.2. The zero-order valence-electron chi connectivity index (χ0n) is 19.3. The molecule has 1 saturated heterocycles. The quantitative estimate of drug-likeness (QED) is 0.307. The summed E-state index contributed by atoms with van der Waals surface area (Å²) < 4.78 is 5.26. The van der Waals surface area contributed by atoms with E-state index in [1.807, 2.05) is 18.2 Å². The first-order valence-electron chi connectivity index (χ1n) is 11.8. The molecule has 0 amide bonds. The molecule has 4 aliphatic rings. The first-order chi connectivity index (χ1) is 16.4. The maximum absolute atomic E-state index is 13.0. The highest BCUT2D eigenvalue weighted by Crippen LogP contribution is 2.64. The molecule has 1 N–H and O–H groups in total. The van der Waals surface area contributed by atoms with Crippen LogP contribution >= 0.6 is 0 Å². The number of nitrogens with one attached hydrogen (secondary N) is 1. The van der Waals surface area contributed by atoms with E-state index in [1.54, 1.807) is 12.1 Å². The molecule has 7 heteroatoms. The minimum absolute atomic E-state index is 0.0787. The molecule has 3 atom stereocenters. The highest BCUT2D eigenvalue weighted by atomic mass is 16.6. The van der Waals surface area contributed by atoms with Crippen LogP contribution in [0, 0.1) is 15.5 Å². The molecule has 6 rings (SSSR count). The number of carbonyl (C=O) groups excluding carboxylic acids is 1. The Balaban J connectivity index is 1.58. The predicted molar refractivity (Wildman–Crippen MR) is 129 cm³/mol. The Labute approximate surface area is 198 Å². The number of ether oxygens (including phenoxy) is 1. The van der Waals surface area contributed by atoms with E-state index in [4.69, 9.17) is 4.74 Å². The third-order valence-electron chi connectivity index (χ3n) is 8.45. The summed E-state index contributed by atoms with van der Waals surface area (Å²) in [5.41, 5.74) is 5.25. The number of esters is 1. The Kier molecular flexibility index (Phi) is 4.51. The fraction of sp³-hybridized carbons (Fsp3) is 0.370. The summed E-state index contributed by atoms with van der Waals surface area (Å²) in [5, 5.41) is 15.0. The predicted octanol–water partition coefficient (Wildman–Crippen LogP) is 4.80. The van der Waals surface area contributed by atoms with E-state index < -0.39 is 0 Å². The van der Waals surface area contributed by atoms with Crippen LogP contribution in [0.25, 0.3) is 11.1 Å². The maximum Gasteiger partial charge on any atom is 0.335 e. The minimum atomic E-state index is -0.361. The van der Waals surface area contributed by atoms with Crippen molar-refractivity contribution in [3.63, 3.8) is 0 Å². The van der Waals surface area contributed by atoms with E-state index in [1.165, 1.54) is 18.7 Å². The molecule has 1 spiro atoms. The number of hydrogen-bond donors (Lipinski definition) is 1. The molecule has 174 valence electrons. The van der Waals surface area contributed by atoms with Crippen molar-refractivity contribution in [2.24, 2.45) is 5.41 Å². The zero-order valence-corrected chi connectivity index (χ0v) is 19.3. The molecule has 34 heavy (non-hydrogen) atoms. The van der Waals surface area contributed by atoms with Crippen LogP contribution in [-0.4, -0.2) is 42.0 Å². The van der Waals surface area contributed by atoms with Crippen molar-refractivity contribution < 1.29 is 14.5 Å². The first kappa shape index (κ1) is 21.1. The largest absolute Gasteiger partial charge is 0.466 e. The number of nitro groups is 1. The van der Waals surface area contributed by atoms with Gasteiger partial charge >= 0.3 is 5.97 Å². The maximum atomic E-state index is 13.0. The Bertz CT molecular complexity index is 1300. The normalized spacial score (nSPS) is 28.7. The monoisotopic (exact) mass is 457 g/mol. The standard InChI is InChI=1S/C27H27N3O4/c1-3-26-10-5-12-29-13-11-27(25(26)29)21-15-18(17-6-4-7-19(14-17)30(32)33)8-9-22(21)28-23(27)20(16-26)24(31)34-2/h4-10,14-15,25,28H,3,11-13,16H2,1-2H3/t25-,26-,27-/m0/s1. The Morgan fingerprint density at radius 1 is 1.26 bits per heavy atom. The topological polar surface area (TPSA) is 84.7 Å². The molecular formula is C27H27N3O4. The van der Waals surface area contributed by atoms with E-state index in [9.17, 15) is 14.9 Å². The molecular weight excluding hydrogens is 430 g/mol. The van der Waals surface area contributed by atoms with Crippen LogP contribution in [0.5, 0.6) is 0 Å². The van der Waals surface area contributed by atoms with Gasteiger partial charge in [-0.1, -0.05) is 37.3 Å². The summed E-state index contributed by atoms with van der Waals surface area (Å²) in [6.45, 7) is 4.08. The number of carbonyl (C=O) groups is 1. The molecule has 3 aliphatic heterocycles. The number of methoxy groups -OCH3 is 1. The summed E-state index contributed by atoms with van der Waals surface area (Å²) in [7, 11) is 1.45. The molecule has 7 nitrogen and oxygen atoms in total. The number of nitro benzene ring substituents is 1. The van der Waals surface area contributed by atoms with Crippen LogP contribution in [0.3, 0.4) is 0 Å². The number of nitrogens with zero attached hydrogens (tertiary/aromatic N) is 2. The number of non-ortho nitro benzene ring substituents is 1. The van der Waals surface area contributed by atoms with Crippen molar-refractivity contribution in [1.82, 2.24) is 4.90 Å². The molecule has 1 fully saturated rings. The van der Waals surface area contributed by atoms with Gasteiger partial charge < -0.3 is 10.1 Å². The van der Waals surface area contributed by atoms with Crippen molar-refractivity contribution in [3.8, 4) is 11.1 Å². The molecule has 2 aromatic carbocycles. The zero-order chi connectivity index (χ0) is 23.7. The summed E-state index contributed by atoms with van der Waals surface area (Å²) in [5.74, 6) is -0.266. The highest BCUT2D eigenvalue weighted by Gasteiger charge is 2.65. The van der Waals surface area contributed by atoms with Crippen LogP contribution in [0.15, 0.2) is 65.9 Å². The van der Waals surface area contributed by atoms with Gasteiger partial charge in [0.05, 0.1) is 23.0 Å². The first-order valence-corrected chi connectivity index (χ1v) is 11.8. The van der Waals surface area contributed by atoms with Gasteiger partial charge in [-0.2, -0.15) is 0 Å². The van der Waals surface area contributed by atoms with Crippen molar-refractivity contribution in [2.45, 2.75) is 37.6 Å². The van der Waals surface area contributed by atoms with Crippen molar-refractivity contribution >= 4 is 17.3 Å². The van der Waals surface area contributed by atoms with Crippen LogP contribution in [-0.2, 0) is 14.9 Å². The lowest BCUT2D eigenvalue weighted by Gasteiger charge is -2.53. The molecule has 0 saturated carbocycles. The van der Waals surface area contributed by atoms with E-state index in [-0.39, 0.29) is 33.5 Å². The van der Waals surface area contributed by atoms with E-state index in [2.05, 4.69) is 35.4 Å². The second-order valence-electron chi connectivity index (χ2n) is 9.82. The number of rotatable bonds is 4. The number of fused-ring (bicyclic) bond motifs is 1. The van der Waals surface area contributed by atoms with E-state index in [0.717, 1.165) is 54.0 Å². The fourth-order valence-electron chi connectivity index (χ4n) is 7.04. The van der Waals surface area contributed by atoms with Gasteiger partial charge in [0, 0.05) is 48.1 Å². The van der Waals surface area contributed by atoms with Crippen LogP contribution in [0.2, 0.25) is 0 Å². The van der Waals surface area contributed by atoms with Gasteiger partial charge in [-0.25, -0.2) is 4.79 Å². The van der Waals surface area contributed by atoms with Crippen molar-refractivity contribution in [3.05, 3.63) is 81.6 Å². The fourth-order valence-corrected chi connectivity index (χ4v) is 7.04. The van der Waals surface area contributed by atoms with Crippen LogP contribution < -0.4 is 5.32 Å². The lowest BCUT2D eigenvalue weighted by molar-refractivity contribution is -0.384. The van der Waals surface area contributed by atoms with Gasteiger partial charge in [0.1, 0.15) is 0 Å². The average Bonchev–Trinajstić information content (AvgIpc) is 3.43. The third kappa shape index (κ3) is 2.64. The van der Waals surface area contributed by atoms with E-state index in [0.29, 0.717) is 6.42 Å². The summed E-state index contributed by atoms with van der Waals surface area (Å²) in [6.07, 6.45) is 7.09. The molecule has 0 bridgehead atoms. The molecule has 0 unspecified atom stereocenters. The van der Waals surface area contributed by atoms with Gasteiger partial charge in [0.15, 0.2) is 0 Å². The molecule has 0 aromatic heterocycles. The highest BCUT2D eigenvalue weighted by molar-refractivity contribution is 5.93. The Morgan fingerprint density at radius 2 is 2.09 bits per heavy atom. The second-order valence-corrected chi connectivity index (χ2v) is 9.82. The van der Waals surface area contributed by atoms with Crippen LogP contribution in [0.4, 0.5) is 11.4 Å². The second kappa shape index (κ2) is 7.27. The lowest BCUT2D eigenvalue weighted by Crippen LogP contribution is -2.58. The Hall–Kier alpha value is -3.45. The summed E-state index contributed by atoms with van der Waals surface area (Å²) >= 11 is 0. The number of anilines is 1. The summed E-state index contributed by atoms with van der Waals surface area (Å²) in [4.78, 5) is 26.6. The van der Waals surface area contributed by atoms with Gasteiger partial charge in [-0.15, -0.1) is 0 Å². The third-order valence-corrected chi connectivity index (χ3v) is 8.45. The van der Waals surface area contributed by atoms with Crippen molar-refractivity contribution in [2.75, 3.05) is 25.5 Å². The molecule has 1 aliphatic carbocycles. The van der Waals surface area contributed by atoms with Gasteiger partial charge in [-0.3, -0.25) is 15.0 Å².